The molecule has 0 saturated carbocycles. The minimum atomic E-state index is -0.339. The molecule has 0 unspecified atom stereocenters. The standard InChI is InChI=1S/C12H15FN4S/c1-2-14-7-3-4-11-16-17-12(18-11)10-6-5-9(13)8-15-10/h5-6,8,14H,2-4,7H2,1H3. The average molecular weight is 266 g/mol. The molecule has 1 N–H and O–H groups in total. The number of hydrogen-bond acceptors (Lipinski definition) is 5. The Bertz CT molecular complexity index is 483. The van der Waals surface area contributed by atoms with Crippen molar-refractivity contribution in [3.8, 4) is 10.7 Å². The lowest BCUT2D eigenvalue weighted by Gasteiger charge is -1.97. The summed E-state index contributed by atoms with van der Waals surface area (Å²) in [5, 5.41) is 13.2. The number of nitrogens with one attached hydrogen (secondary N) is 1. The van der Waals surface area contributed by atoms with E-state index in [-0.39, 0.29) is 5.82 Å². The minimum absolute atomic E-state index is 0.339. The van der Waals surface area contributed by atoms with Gasteiger partial charge in [-0.2, -0.15) is 0 Å². The van der Waals surface area contributed by atoms with Crippen LogP contribution in [0.2, 0.25) is 0 Å². The summed E-state index contributed by atoms with van der Waals surface area (Å²) in [6.07, 6.45) is 3.15. The molecule has 0 aliphatic carbocycles. The van der Waals surface area contributed by atoms with Crippen molar-refractivity contribution in [2.24, 2.45) is 0 Å². The van der Waals surface area contributed by atoms with Gasteiger partial charge >= 0.3 is 0 Å². The van der Waals surface area contributed by atoms with Crippen molar-refractivity contribution in [2.45, 2.75) is 19.8 Å². The second kappa shape index (κ2) is 6.51. The third kappa shape index (κ3) is 3.54. The molecular weight excluding hydrogens is 251 g/mol. The Hall–Kier alpha value is -1.40. The average Bonchev–Trinajstić information content (AvgIpc) is 2.84. The molecule has 4 nitrogen and oxygen atoms in total. The van der Waals surface area contributed by atoms with Gasteiger partial charge in [0.05, 0.1) is 6.20 Å². The van der Waals surface area contributed by atoms with Gasteiger partial charge in [0.25, 0.3) is 0 Å². The van der Waals surface area contributed by atoms with Crippen molar-refractivity contribution in [2.75, 3.05) is 13.1 Å². The van der Waals surface area contributed by atoms with Crippen LogP contribution in [0.1, 0.15) is 18.4 Å². The van der Waals surface area contributed by atoms with E-state index in [1.807, 2.05) is 0 Å². The summed E-state index contributed by atoms with van der Waals surface area (Å²) in [5.41, 5.74) is 0.673. The second-order valence-electron chi connectivity index (χ2n) is 3.82. The fourth-order valence-electron chi connectivity index (χ4n) is 1.50. The maximum absolute atomic E-state index is 12.7. The van der Waals surface area contributed by atoms with Gasteiger partial charge in [0.1, 0.15) is 16.5 Å². The fourth-order valence-corrected chi connectivity index (χ4v) is 2.36. The molecule has 0 bridgehead atoms. The third-order valence-electron chi connectivity index (χ3n) is 2.41. The van der Waals surface area contributed by atoms with E-state index < -0.39 is 0 Å². The van der Waals surface area contributed by atoms with Crippen molar-refractivity contribution in [3.63, 3.8) is 0 Å². The van der Waals surface area contributed by atoms with E-state index in [0.717, 1.165) is 35.9 Å². The quantitative estimate of drug-likeness (QED) is 0.815. The van der Waals surface area contributed by atoms with E-state index >= 15 is 0 Å². The lowest BCUT2D eigenvalue weighted by Crippen LogP contribution is -2.14. The van der Waals surface area contributed by atoms with E-state index in [2.05, 4.69) is 27.4 Å². The van der Waals surface area contributed by atoms with E-state index in [1.54, 1.807) is 6.07 Å². The van der Waals surface area contributed by atoms with Crippen LogP contribution in [0.5, 0.6) is 0 Å². The van der Waals surface area contributed by atoms with Gasteiger partial charge in [-0.1, -0.05) is 18.3 Å². The summed E-state index contributed by atoms with van der Waals surface area (Å²) in [6, 6.07) is 3.01. The Labute approximate surface area is 109 Å². The van der Waals surface area contributed by atoms with Gasteiger partial charge in [0.2, 0.25) is 0 Å². The maximum atomic E-state index is 12.7. The van der Waals surface area contributed by atoms with Crippen LogP contribution in [-0.4, -0.2) is 28.3 Å². The zero-order chi connectivity index (χ0) is 12.8. The van der Waals surface area contributed by atoms with E-state index in [0.29, 0.717) is 5.69 Å². The molecule has 0 spiro atoms. The lowest BCUT2D eigenvalue weighted by molar-refractivity contribution is 0.622. The van der Waals surface area contributed by atoms with Gasteiger partial charge < -0.3 is 5.32 Å². The Morgan fingerprint density at radius 1 is 1.33 bits per heavy atom. The van der Waals surface area contributed by atoms with Crippen LogP contribution in [0, 0.1) is 5.82 Å². The van der Waals surface area contributed by atoms with Crippen LogP contribution in [-0.2, 0) is 6.42 Å². The first-order chi connectivity index (χ1) is 8.79. The zero-order valence-corrected chi connectivity index (χ0v) is 11.0. The molecule has 2 aromatic rings. The Morgan fingerprint density at radius 3 is 2.94 bits per heavy atom. The molecule has 6 heteroatoms. The topological polar surface area (TPSA) is 50.7 Å². The van der Waals surface area contributed by atoms with Gasteiger partial charge in [-0.3, -0.25) is 4.98 Å². The Balaban J connectivity index is 1.95. The van der Waals surface area contributed by atoms with Crippen LogP contribution in [0.25, 0.3) is 10.7 Å². The molecule has 0 fully saturated rings. The number of pyridine rings is 1. The number of aryl methyl sites for hydroxylation is 1. The summed E-state index contributed by atoms with van der Waals surface area (Å²) < 4.78 is 12.7. The van der Waals surface area contributed by atoms with Crippen molar-refractivity contribution < 1.29 is 4.39 Å². The van der Waals surface area contributed by atoms with Gasteiger partial charge in [-0.15, -0.1) is 10.2 Å². The minimum Gasteiger partial charge on any atom is -0.317 e. The molecule has 0 atom stereocenters. The van der Waals surface area contributed by atoms with Crippen LogP contribution < -0.4 is 5.32 Å². The molecule has 0 amide bonds. The molecule has 0 aliphatic rings. The largest absolute Gasteiger partial charge is 0.317 e. The number of halogens is 1. The van der Waals surface area contributed by atoms with Crippen molar-refractivity contribution in [1.82, 2.24) is 20.5 Å². The Morgan fingerprint density at radius 2 is 2.22 bits per heavy atom. The van der Waals surface area contributed by atoms with Gasteiger partial charge in [0.15, 0.2) is 5.01 Å². The van der Waals surface area contributed by atoms with Gasteiger partial charge in [-0.05, 0) is 31.6 Å². The highest BCUT2D eigenvalue weighted by atomic mass is 32.1. The highest BCUT2D eigenvalue weighted by molar-refractivity contribution is 7.14. The smallest absolute Gasteiger partial charge is 0.166 e. The molecular formula is C12H15FN4S. The lowest BCUT2D eigenvalue weighted by atomic mass is 10.3. The molecule has 2 heterocycles. The molecule has 96 valence electrons. The molecule has 2 rings (SSSR count). The van der Waals surface area contributed by atoms with Crippen molar-refractivity contribution >= 4 is 11.3 Å². The molecule has 18 heavy (non-hydrogen) atoms. The molecule has 2 aromatic heterocycles. The molecule has 0 aromatic carbocycles. The third-order valence-corrected chi connectivity index (χ3v) is 3.41. The van der Waals surface area contributed by atoms with E-state index in [4.69, 9.17) is 0 Å². The van der Waals surface area contributed by atoms with E-state index in [1.165, 1.54) is 23.6 Å². The summed E-state index contributed by atoms with van der Waals surface area (Å²) in [4.78, 5) is 3.99. The fraction of sp³-hybridized carbons (Fsp3) is 0.417. The summed E-state index contributed by atoms with van der Waals surface area (Å²) in [7, 11) is 0. The number of aromatic nitrogens is 3. The number of rotatable bonds is 6. The van der Waals surface area contributed by atoms with Gasteiger partial charge in [-0.25, -0.2) is 4.39 Å². The number of nitrogens with zero attached hydrogens (tertiary/aromatic N) is 3. The normalized spacial score (nSPS) is 10.8. The van der Waals surface area contributed by atoms with Crippen molar-refractivity contribution in [1.29, 1.82) is 0 Å². The van der Waals surface area contributed by atoms with Crippen LogP contribution in [0.3, 0.4) is 0 Å². The first-order valence-electron chi connectivity index (χ1n) is 5.94. The highest BCUT2D eigenvalue weighted by Crippen LogP contribution is 2.22. The summed E-state index contributed by atoms with van der Waals surface area (Å²) in [6.45, 7) is 4.06. The van der Waals surface area contributed by atoms with Crippen LogP contribution >= 0.6 is 11.3 Å². The second-order valence-corrected chi connectivity index (χ2v) is 4.88. The number of hydrogen-bond donors (Lipinski definition) is 1. The summed E-state index contributed by atoms with van der Waals surface area (Å²) in [5.74, 6) is -0.339. The van der Waals surface area contributed by atoms with Crippen LogP contribution in [0.4, 0.5) is 4.39 Å². The van der Waals surface area contributed by atoms with Crippen LogP contribution in [0.15, 0.2) is 18.3 Å². The van der Waals surface area contributed by atoms with Gasteiger partial charge in [0, 0.05) is 6.42 Å². The highest BCUT2D eigenvalue weighted by Gasteiger charge is 2.07. The first-order valence-corrected chi connectivity index (χ1v) is 6.76. The first kappa shape index (κ1) is 13.0. The maximum Gasteiger partial charge on any atom is 0.166 e. The van der Waals surface area contributed by atoms with E-state index in [9.17, 15) is 4.39 Å². The SMILES string of the molecule is CCNCCCc1nnc(-c2ccc(F)cn2)s1. The van der Waals surface area contributed by atoms with Crippen molar-refractivity contribution in [3.05, 3.63) is 29.2 Å². The molecule has 0 radical (unpaired) electrons. The Kier molecular flexibility index (Phi) is 4.72. The monoisotopic (exact) mass is 266 g/mol. The molecule has 0 aliphatic heterocycles. The predicted octanol–water partition coefficient (Wildman–Crippen LogP) is 2.28. The zero-order valence-electron chi connectivity index (χ0n) is 10.2. The summed E-state index contributed by atoms with van der Waals surface area (Å²) >= 11 is 1.51. The molecule has 0 saturated heterocycles. The predicted molar refractivity (Wildman–Crippen MR) is 70.0 cm³/mol.